The van der Waals surface area contributed by atoms with E-state index < -0.39 is 0 Å². The number of nitrogens with one attached hydrogen (secondary N) is 1. The fraction of sp³-hybridized carbons (Fsp3) is 0.562. The van der Waals surface area contributed by atoms with Gasteiger partial charge in [0.25, 0.3) is 5.91 Å². The highest BCUT2D eigenvalue weighted by atomic mass is 16.5. The Morgan fingerprint density at radius 2 is 2.15 bits per heavy atom. The van der Waals surface area contributed by atoms with Gasteiger partial charge in [0.2, 0.25) is 0 Å². The van der Waals surface area contributed by atoms with Gasteiger partial charge in [-0.3, -0.25) is 4.79 Å². The predicted octanol–water partition coefficient (Wildman–Crippen LogP) is 2.96. The standard InChI is InChI=1S/C16H24N2O2/c1-4-18(5-2)13-8-9-14(12(3)11-13)17-16(19)15-7-6-10-20-15/h8-9,11,15H,4-7,10H2,1-3H3,(H,17,19). The van der Waals surface area contributed by atoms with Crippen LogP contribution in [0.1, 0.15) is 32.3 Å². The maximum absolute atomic E-state index is 12.1. The SMILES string of the molecule is CCN(CC)c1ccc(NC(=O)C2CCCO2)c(C)c1. The number of nitrogens with zero attached hydrogens (tertiary/aromatic N) is 1. The first-order chi connectivity index (χ1) is 9.65. The Morgan fingerprint density at radius 3 is 2.70 bits per heavy atom. The second-order valence-corrected chi connectivity index (χ2v) is 5.16. The molecule has 110 valence electrons. The minimum absolute atomic E-state index is 0.0267. The largest absolute Gasteiger partial charge is 0.372 e. The molecule has 1 saturated heterocycles. The second kappa shape index (κ2) is 6.75. The van der Waals surface area contributed by atoms with Crippen LogP contribution in [0.2, 0.25) is 0 Å². The molecule has 1 aromatic rings. The van der Waals surface area contributed by atoms with Crippen molar-refractivity contribution >= 4 is 17.3 Å². The molecule has 1 heterocycles. The van der Waals surface area contributed by atoms with Gasteiger partial charge in [-0.05, 0) is 57.4 Å². The molecule has 1 fully saturated rings. The first-order valence-corrected chi connectivity index (χ1v) is 7.43. The molecule has 2 rings (SSSR count). The summed E-state index contributed by atoms with van der Waals surface area (Å²) in [6, 6.07) is 6.17. The summed E-state index contributed by atoms with van der Waals surface area (Å²) < 4.78 is 5.40. The molecule has 0 bridgehead atoms. The van der Waals surface area contributed by atoms with Gasteiger partial charge in [-0.1, -0.05) is 0 Å². The van der Waals surface area contributed by atoms with Gasteiger partial charge in [-0.15, -0.1) is 0 Å². The predicted molar refractivity (Wildman–Crippen MR) is 82.3 cm³/mol. The van der Waals surface area contributed by atoms with Crippen LogP contribution in [0.25, 0.3) is 0 Å². The smallest absolute Gasteiger partial charge is 0.253 e. The summed E-state index contributed by atoms with van der Waals surface area (Å²) >= 11 is 0. The van der Waals surface area contributed by atoms with Crippen molar-refractivity contribution in [3.8, 4) is 0 Å². The molecule has 0 aliphatic carbocycles. The molecule has 0 saturated carbocycles. The number of rotatable bonds is 5. The van der Waals surface area contributed by atoms with Gasteiger partial charge in [0.15, 0.2) is 0 Å². The molecule has 4 heteroatoms. The summed E-state index contributed by atoms with van der Waals surface area (Å²) in [6.45, 7) is 8.98. The van der Waals surface area contributed by atoms with E-state index in [-0.39, 0.29) is 12.0 Å². The molecule has 1 aliphatic heterocycles. The van der Waals surface area contributed by atoms with E-state index in [1.807, 2.05) is 13.0 Å². The number of benzene rings is 1. The Hall–Kier alpha value is -1.55. The summed E-state index contributed by atoms with van der Waals surface area (Å²) in [4.78, 5) is 14.3. The third-order valence-electron chi connectivity index (χ3n) is 3.82. The number of ether oxygens (including phenoxy) is 1. The molecule has 20 heavy (non-hydrogen) atoms. The molecule has 0 aromatic heterocycles. The van der Waals surface area contributed by atoms with Crippen molar-refractivity contribution in [1.82, 2.24) is 0 Å². The Bertz CT molecular complexity index is 464. The Labute approximate surface area is 121 Å². The van der Waals surface area contributed by atoms with Crippen molar-refractivity contribution in [2.75, 3.05) is 29.9 Å². The van der Waals surface area contributed by atoms with E-state index in [2.05, 4.69) is 36.2 Å². The van der Waals surface area contributed by atoms with Crippen LogP contribution < -0.4 is 10.2 Å². The van der Waals surface area contributed by atoms with Crippen LogP contribution in [0.4, 0.5) is 11.4 Å². The molecule has 1 atom stereocenters. The quantitative estimate of drug-likeness (QED) is 0.899. The fourth-order valence-corrected chi connectivity index (χ4v) is 2.57. The number of anilines is 2. The van der Waals surface area contributed by atoms with Crippen LogP contribution in [0.15, 0.2) is 18.2 Å². The molecular weight excluding hydrogens is 252 g/mol. The first-order valence-electron chi connectivity index (χ1n) is 7.43. The highest BCUT2D eigenvalue weighted by Gasteiger charge is 2.23. The topological polar surface area (TPSA) is 41.6 Å². The highest BCUT2D eigenvalue weighted by molar-refractivity contribution is 5.95. The van der Waals surface area contributed by atoms with Crippen molar-refractivity contribution < 1.29 is 9.53 Å². The lowest BCUT2D eigenvalue weighted by Gasteiger charge is -2.22. The lowest BCUT2D eigenvalue weighted by Crippen LogP contribution is -2.27. The van der Waals surface area contributed by atoms with Crippen LogP contribution in [-0.4, -0.2) is 31.7 Å². The Kier molecular flexibility index (Phi) is 5.01. The van der Waals surface area contributed by atoms with Crippen molar-refractivity contribution in [3.05, 3.63) is 23.8 Å². The average molecular weight is 276 g/mol. The summed E-state index contributed by atoms with van der Waals surface area (Å²) in [7, 11) is 0. The van der Waals surface area contributed by atoms with Gasteiger partial charge >= 0.3 is 0 Å². The number of hydrogen-bond acceptors (Lipinski definition) is 3. The van der Waals surface area contributed by atoms with E-state index in [1.165, 1.54) is 5.69 Å². The molecule has 1 aromatic carbocycles. The van der Waals surface area contributed by atoms with Gasteiger partial charge in [0.1, 0.15) is 6.10 Å². The van der Waals surface area contributed by atoms with Gasteiger partial charge < -0.3 is 15.0 Å². The van der Waals surface area contributed by atoms with Gasteiger partial charge in [-0.2, -0.15) is 0 Å². The lowest BCUT2D eigenvalue weighted by atomic mass is 10.1. The number of carbonyl (C=O) groups excluding carboxylic acids is 1. The van der Waals surface area contributed by atoms with Crippen LogP contribution in [-0.2, 0) is 9.53 Å². The second-order valence-electron chi connectivity index (χ2n) is 5.16. The number of amides is 1. The molecule has 1 unspecified atom stereocenters. The lowest BCUT2D eigenvalue weighted by molar-refractivity contribution is -0.124. The molecule has 4 nitrogen and oxygen atoms in total. The summed E-state index contributed by atoms with van der Waals surface area (Å²) in [6.07, 6.45) is 1.51. The van der Waals surface area contributed by atoms with E-state index in [0.29, 0.717) is 6.61 Å². The Morgan fingerprint density at radius 1 is 1.40 bits per heavy atom. The minimum Gasteiger partial charge on any atom is -0.372 e. The zero-order valence-corrected chi connectivity index (χ0v) is 12.6. The van der Waals surface area contributed by atoms with E-state index in [1.54, 1.807) is 0 Å². The Balaban J connectivity index is 2.07. The summed E-state index contributed by atoms with van der Waals surface area (Å²) in [5.41, 5.74) is 3.16. The van der Waals surface area contributed by atoms with Crippen LogP contribution in [0.3, 0.4) is 0 Å². The third kappa shape index (κ3) is 3.31. The van der Waals surface area contributed by atoms with Crippen molar-refractivity contribution in [2.45, 2.75) is 39.7 Å². The van der Waals surface area contributed by atoms with E-state index >= 15 is 0 Å². The van der Waals surface area contributed by atoms with Crippen LogP contribution in [0.5, 0.6) is 0 Å². The average Bonchev–Trinajstić information content (AvgIpc) is 2.97. The van der Waals surface area contributed by atoms with Gasteiger partial charge in [0, 0.05) is 31.1 Å². The third-order valence-corrected chi connectivity index (χ3v) is 3.82. The monoisotopic (exact) mass is 276 g/mol. The maximum atomic E-state index is 12.1. The van der Waals surface area contributed by atoms with E-state index in [4.69, 9.17) is 4.74 Å². The summed E-state index contributed by atoms with van der Waals surface area (Å²) in [5.74, 6) is -0.0267. The highest BCUT2D eigenvalue weighted by Crippen LogP contribution is 2.23. The van der Waals surface area contributed by atoms with E-state index in [9.17, 15) is 4.79 Å². The summed E-state index contributed by atoms with van der Waals surface area (Å²) in [5, 5.41) is 2.97. The number of aryl methyl sites for hydroxylation is 1. The first kappa shape index (κ1) is 14.9. The number of carbonyl (C=O) groups is 1. The molecule has 0 spiro atoms. The van der Waals surface area contributed by atoms with Crippen molar-refractivity contribution in [1.29, 1.82) is 0 Å². The van der Waals surface area contributed by atoms with Crippen molar-refractivity contribution in [2.24, 2.45) is 0 Å². The normalized spacial score (nSPS) is 18.1. The molecule has 1 N–H and O–H groups in total. The molecule has 0 radical (unpaired) electrons. The van der Waals surface area contributed by atoms with Gasteiger partial charge in [-0.25, -0.2) is 0 Å². The number of hydrogen-bond donors (Lipinski definition) is 1. The molecular formula is C16H24N2O2. The van der Waals surface area contributed by atoms with Crippen molar-refractivity contribution in [3.63, 3.8) is 0 Å². The molecule has 1 amide bonds. The van der Waals surface area contributed by atoms with Crippen LogP contribution >= 0.6 is 0 Å². The zero-order chi connectivity index (χ0) is 14.5. The minimum atomic E-state index is -0.281. The van der Waals surface area contributed by atoms with Gasteiger partial charge in [0.05, 0.1) is 0 Å². The zero-order valence-electron chi connectivity index (χ0n) is 12.6. The molecule has 1 aliphatic rings. The van der Waals surface area contributed by atoms with E-state index in [0.717, 1.165) is 37.2 Å². The van der Waals surface area contributed by atoms with Crippen LogP contribution in [0, 0.1) is 6.92 Å². The maximum Gasteiger partial charge on any atom is 0.253 e. The fourth-order valence-electron chi connectivity index (χ4n) is 2.57.